The molecule has 0 fully saturated rings. The van der Waals surface area contributed by atoms with Crippen LogP contribution in [0.4, 0.5) is 5.69 Å². The van der Waals surface area contributed by atoms with Crippen molar-refractivity contribution >= 4 is 51.1 Å². The Morgan fingerprint density at radius 1 is 0.746 bits per heavy atom. The van der Waals surface area contributed by atoms with E-state index in [1.165, 1.54) is 6.08 Å². The van der Waals surface area contributed by atoms with Gasteiger partial charge in [0.25, 0.3) is 11.8 Å². The number of carbonyl (C=O) groups is 4. The lowest BCUT2D eigenvalue weighted by Crippen LogP contribution is -2.54. The highest BCUT2D eigenvalue weighted by molar-refractivity contribution is 6.16. The standard InChI is InChI=1S/C54H69N5O12/c1-5-51(62)59-47-9-7-6-8-45(47)46-33-42(15-17-48(46)59)53(63)55-19-21-66-23-25-68-27-29-70-31-30-69-28-26-67-24-22-65-20-18-50(61)56-35-39-10-12-40(13-11-39)37-71-44-16-14-41-32-43(36-60)57-54(64)52(38(2)3)58(4)49(41)34-44/h5-17,33-34,38,43,52,60H,1,18-32,35-37H2,2-4H3,(H,55,63)(H,56,61)(H,57,64)/t43-,52-/m0/s1. The molecule has 0 spiro atoms. The molecule has 5 aromatic rings. The first kappa shape index (κ1) is 54.2. The molecule has 0 unspecified atom stereocenters. The number of amides is 3. The number of nitrogens with zero attached hydrogens (tertiary/aromatic N) is 2. The van der Waals surface area contributed by atoms with Gasteiger partial charge in [0.15, 0.2) is 0 Å². The summed E-state index contributed by atoms with van der Waals surface area (Å²) in [5.41, 5.74) is 5.87. The Hall–Kier alpha value is -6.18. The predicted molar refractivity (Wildman–Crippen MR) is 271 cm³/mol. The van der Waals surface area contributed by atoms with Gasteiger partial charge in [-0.2, -0.15) is 0 Å². The number of carbonyl (C=O) groups excluding carboxylic acids is 4. The van der Waals surface area contributed by atoms with Gasteiger partial charge in [0.2, 0.25) is 11.8 Å². The van der Waals surface area contributed by atoms with Crippen LogP contribution in [0.3, 0.4) is 0 Å². The summed E-state index contributed by atoms with van der Waals surface area (Å²) in [4.78, 5) is 52.7. The zero-order valence-corrected chi connectivity index (χ0v) is 41.2. The fourth-order valence-corrected chi connectivity index (χ4v) is 8.28. The van der Waals surface area contributed by atoms with Crippen molar-refractivity contribution in [1.29, 1.82) is 0 Å². The molecule has 4 N–H and O–H groups in total. The maximum absolute atomic E-state index is 13.0. The van der Waals surface area contributed by atoms with Gasteiger partial charge in [-0.25, -0.2) is 0 Å². The summed E-state index contributed by atoms with van der Waals surface area (Å²) in [5, 5.41) is 20.3. The second kappa shape index (κ2) is 28.6. The average molecular weight is 980 g/mol. The smallest absolute Gasteiger partial charge is 0.254 e. The van der Waals surface area contributed by atoms with E-state index in [0.29, 0.717) is 110 Å². The van der Waals surface area contributed by atoms with E-state index in [1.54, 1.807) is 22.8 Å². The average Bonchev–Trinajstić information content (AvgIpc) is 3.71. The quantitative estimate of drug-likeness (QED) is 0.0345. The van der Waals surface area contributed by atoms with Crippen LogP contribution in [0, 0.1) is 5.92 Å². The largest absolute Gasteiger partial charge is 0.489 e. The number of hydrogen-bond donors (Lipinski definition) is 4. The van der Waals surface area contributed by atoms with Crippen molar-refractivity contribution in [2.75, 3.05) is 104 Å². The summed E-state index contributed by atoms with van der Waals surface area (Å²) in [7, 11) is 1.92. The Kier molecular flexibility index (Phi) is 21.8. The first-order valence-corrected chi connectivity index (χ1v) is 24.3. The van der Waals surface area contributed by atoms with Crippen molar-refractivity contribution in [3.8, 4) is 5.75 Å². The van der Waals surface area contributed by atoms with E-state index in [9.17, 15) is 24.3 Å². The van der Waals surface area contributed by atoms with Crippen molar-refractivity contribution in [2.24, 2.45) is 5.92 Å². The number of nitrogens with one attached hydrogen (secondary N) is 3. The summed E-state index contributed by atoms with van der Waals surface area (Å²) in [6.45, 7) is 13.3. The number of anilines is 1. The SMILES string of the molecule is C=CC(=O)n1c2ccccc2c2cc(C(=O)NCCOCCOCCOCCOCCOCCOCCC(=O)NCc3ccc(COc4ccc5c(c4)N(C)[C@@H](C(C)C)C(=O)N[C@H](CO)C5)cc3)ccc21. The van der Waals surface area contributed by atoms with E-state index in [-0.39, 0.29) is 61.3 Å². The van der Waals surface area contributed by atoms with Gasteiger partial charge >= 0.3 is 0 Å². The van der Waals surface area contributed by atoms with Gasteiger partial charge in [-0.05, 0) is 65.4 Å². The summed E-state index contributed by atoms with van der Waals surface area (Å²) in [6, 6.07) is 25.9. The molecule has 0 saturated heterocycles. The van der Waals surface area contributed by atoms with Gasteiger partial charge < -0.3 is 59.1 Å². The Balaban J connectivity index is 0.707. The number of benzene rings is 4. The lowest BCUT2D eigenvalue weighted by molar-refractivity contribution is -0.124. The monoisotopic (exact) mass is 979 g/mol. The third-order valence-electron chi connectivity index (χ3n) is 11.9. The number of aromatic nitrogens is 1. The molecule has 382 valence electrons. The Morgan fingerprint density at radius 3 is 1.99 bits per heavy atom. The lowest BCUT2D eigenvalue weighted by Gasteiger charge is -2.37. The van der Waals surface area contributed by atoms with Crippen molar-refractivity contribution < 1.29 is 57.4 Å². The second-order valence-corrected chi connectivity index (χ2v) is 17.4. The first-order valence-electron chi connectivity index (χ1n) is 24.3. The van der Waals surface area contributed by atoms with Gasteiger partial charge in [-0.15, -0.1) is 0 Å². The maximum Gasteiger partial charge on any atom is 0.254 e. The summed E-state index contributed by atoms with van der Waals surface area (Å²) >= 11 is 0. The fourth-order valence-electron chi connectivity index (χ4n) is 8.28. The highest BCUT2D eigenvalue weighted by atomic mass is 16.6. The normalized spacial score (nSPS) is 14.8. The zero-order valence-electron chi connectivity index (χ0n) is 41.2. The number of aliphatic hydroxyl groups is 1. The van der Waals surface area contributed by atoms with Crippen LogP contribution in [0.1, 0.15) is 52.1 Å². The summed E-state index contributed by atoms with van der Waals surface area (Å²) < 4.78 is 41.1. The maximum atomic E-state index is 13.0. The molecule has 17 nitrogen and oxygen atoms in total. The van der Waals surface area contributed by atoms with Crippen LogP contribution >= 0.6 is 0 Å². The minimum Gasteiger partial charge on any atom is -0.489 e. The molecule has 6 rings (SSSR count). The molecule has 1 aliphatic heterocycles. The van der Waals surface area contributed by atoms with E-state index < -0.39 is 0 Å². The highest BCUT2D eigenvalue weighted by Gasteiger charge is 2.32. The van der Waals surface area contributed by atoms with Crippen LogP contribution in [-0.2, 0) is 57.6 Å². The van der Waals surface area contributed by atoms with Crippen LogP contribution in [0.5, 0.6) is 5.75 Å². The lowest BCUT2D eigenvalue weighted by atomic mass is 9.95. The van der Waals surface area contributed by atoms with Gasteiger partial charge in [0.05, 0.1) is 103 Å². The van der Waals surface area contributed by atoms with Crippen LogP contribution < -0.4 is 25.6 Å². The number of likely N-dealkylation sites (N-methyl/N-ethyl adjacent to an activating group) is 1. The van der Waals surface area contributed by atoms with Crippen molar-refractivity contribution in [1.82, 2.24) is 20.5 Å². The van der Waals surface area contributed by atoms with Crippen molar-refractivity contribution in [3.05, 3.63) is 120 Å². The molecule has 2 atom stereocenters. The van der Waals surface area contributed by atoms with E-state index >= 15 is 0 Å². The third-order valence-corrected chi connectivity index (χ3v) is 11.9. The summed E-state index contributed by atoms with van der Waals surface area (Å²) in [5.74, 6) is 0.103. The number of hydrogen-bond acceptors (Lipinski definition) is 13. The molecule has 71 heavy (non-hydrogen) atoms. The van der Waals surface area contributed by atoms with Crippen molar-refractivity contribution in [3.63, 3.8) is 0 Å². The molecule has 0 saturated carbocycles. The number of para-hydroxylation sites is 1. The van der Waals surface area contributed by atoms with Gasteiger partial charge in [-0.3, -0.25) is 23.7 Å². The molecule has 1 aliphatic rings. The number of fused-ring (bicyclic) bond motifs is 4. The van der Waals surface area contributed by atoms with E-state index in [4.69, 9.17) is 33.2 Å². The van der Waals surface area contributed by atoms with Gasteiger partial charge in [0.1, 0.15) is 18.4 Å². The molecule has 1 aromatic heterocycles. The van der Waals surface area contributed by atoms with Gasteiger partial charge in [0, 0.05) is 54.6 Å². The van der Waals surface area contributed by atoms with Crippen LogP contribution in [-0.4, -0.2) is 145 Å². The van der Waals surface area contributed by atoms with E-state index in [0.717, 1.165) is 44.2 Å². The van der Waals surface area contributed by atoms with Crippen LogP contribution in [0.2, 0.25) is 0 Å². The van der Waals surface area contributed by atoms with E-state index in [1.807, 2.05) is 92.5 Å². The minimum absolute atomic E-state index is 0.0647. The molecule has 4 aromatic carbocycles. The molecular weight excluding hydrogens is 911 g/mol. The highest BCUT2D eigenvalue weighted by Crippen LogP contribution is 2.32. The number of aliphatic hydroxyl groups excluding tert-OH is 1. The Bertz CT molecular complexity index is 2510. The van der Waals surface area contributed by atoms with Crippen LogP contribution in [0.25, 0.3) is 21.8 Å². The second-order valence-electron chi connectivity index (χ2n) is 17.4. The predicted octanol–water partition coefficient (Wildman–Crippen LogP) is 5.23. The molecule has 0 radical (unpaired) electrons. The Labute approximate surface area is 415 Å². The van der Waals surface area contributed by atoms with Gasteiger partial charge in [-0.1, -0.05) is 69.0 Å². The molecule has 3 amide bonds. The number of allylic oxidation sites excluding steroid dienone is 1. The fraction of sp³-hybridized carbons (Fsp3) is 0.444. The Morgan fingerprint density at radius 2 is 1.35 bits per heavy atom. The number of ether oxygens (including phenoxy) is 7. The summed E-state index contributed by atoms with van der Waals surface area (Å²) in [6.07, 6.45) is 2.05. The number of rotatable bonds is 30. The molecule has 2 heterocycles. The first-order chi connectivity index (χ1) is 34.6. The topological polar surface area (TPSA) is 197 Å². The molecule has 0 bridgehead atoms. The zero-order chi connectivity index (χ0) is 50.4. The molecule has 0 aliphatic carbocycles. The van der Waals surface area contributed by atoms with Crippen molar-refractivity contribution in [2.45, 2.75) is 51.9 Å². The minimum atomic E-state index is -0.379. The molecule has 17 heteroatoms. The third kappa shape index (κ3) is 16.2. The molecular formula is C54H69N5O12. The van der Waals surface area contributed by atoms with Crippen LogP contribution in [0.15, 0.2) is 97.6 Å². The van der Waals surface area contributed by atoms with E-state index in [2.05, 4.69) is 22.5 Å².